The largest absolute Gasteiger partial charge is 0.400 e. The van der Waals surface area contributed by atoms with Gasteiger partial charge in [0.25, 0.3) is 0 Å². The van der Waals surface area contributed by atoms with Crippen LogP contribution in [0.1, 0.15) is 56.6 Å². The molecule has 1 fully saturated rings. The van der Waals surface area contributed by atoms with E-state index in [2.05, 4.69) is 33.8 Å². The molecular formula is C19H26N2O. The van der Waals surface area contributed by atoms with Crippen LogP contribution in [0, 0.1) is 5.92 Å². The molecule has 1 N–H and O–H groups in total. The Morgan fingerprint density at radius 1 is 1.09 bits per heavy atom. The molecule has 2 heterocycles. The van der Waals surface area contributed by atoms with E-state index in [-0.39, 0.29) is 0 Å². The smallest absolute Gasteiger partial charge is 0.0956 e. The first-order valence-corrected chi connectivity index (χ1v) is 8.49. The summed E-state index contributed by atoms with van der Waals surface area (Å²) in [6.07, 6.45) is 13.9. The van der Waals surface area contributed by atoms with E-state index in [0.717, 1.165) is 13.0 Å². The molecule has 1 aromatic heterocycles. The molecule has 0 amide bonds. The van der Waals surface area contributed by atoms with Crippen LogP contribution >= 0.6 is 0 Å². The second-order valence-corrected chi connectivity index (χ2v) is 6.37. The van der Waals surface area contributed by atoms with Gasteiger partial charge < -0.3 is 9.67 Å². The van der Waals surface area contributed by atoms with Crippen molar-refractivity contribution in [1.29, 1.82) is 0 Å². The predicted molar refractivity (Wildman–Crippen MR) is 89.8 cm³/mol. The highest BCUT2D eigenvalue weighted by Crippen LogP contribution is 2.42. The molecule has 0 bridgehead atoms. The Labute approximate surface area is 133 Å². The van der Waals surface area contributed by atoms with Gasteiger partial charge in [-0.3, -0.25) is 0 Å². The summed E-state index contributed by atoms with van der Waals surface area (Å²) in [6, 6.07) is 9.37. The van der Waals surface area contributed by atoms with Crippen molar-refractivity contribution >= 4 is 0 Å². The van der Waals surface area contributed by atoms with E-state index < -0.39 is 0 Å². The summed E-state index contributed by atoms with van der Waals surface area (Å²) in [6.45, 7) is 0. The zero-order valence-corrected chi connectivity index (χ0v) is 13.4. The minimum atomic E-state index is 0.519. The molecule has 1 saturated carbocycles. The van der Waals surface area contributed by atoms with Crippen molar-refractivity contribution in [3.8, 4) is 11.3 Å². The van der Waals surface area contributed by atoms with Crippen LogP contribution in [0.3, 0.4) is 0 Å². The second kappa shape index (κ2) is 7.10. The molecule has 2 aromatic rings. The molecule has 1 unspecified atom stereocenters. The lowest BCUT2D eigenvalue weighted by Gasteiger charge is -2.23. The molecule has 1 aliphatic heterocycles. The van der Waals surface area contributed by atoms with Gasteiger partial charge in [-0.2, -0.15) is 0 Å². The highest BCUT2D eigenvalue weighted by molar-refractivity contribution is 5.68. The number of aliphatic hydroxyl groups is 1. The van der Waals surface area contributed by atoms with Crippen molar-refractivity contribution in [3.05, 3.63) is 42.4 Å². The van der Waals surface area contributed by atoms with Crippen LogP contribution in [0.2, 0.25) is 0 Å². The van der Waals surface area contributed by atoms with Gasteiger partial charge in [0.2, 0.25) is 0 Å². The molecular weight excluding hydrogens is 272 g/mol. The van der Waals surface area contributed by atoms with Gasteiger partial charge >= 0.3 is 0 Å². The number of hydrogen-bond donors (Lipinski definition) is 1. The Balaban J connectivity index is 0.000000693. The second-order valence-electron chi connectivity index (χ2n) is 6.37. The fraction of sp³-hybridized carbons (Fsp3) is 0.526. The Morgan fingerprint density at radius 3 is 2.68 bits per heavy atom. The molecule has 0 spiro atoms. The van der Waals surface area contributed by atoms with E-state index in [4.69, 9.17) is 5.11 Å². The molecule has 0 saturated heterocycles. The van der Waals surface area contributed by atoms with Crippen LogP contribution in [0.4, 0.5) is 0 Å². The predicted octanol–water partition coefficient (Wildman–Crippen LogP) is 4.42. The Kier molecular flexibility index (Phi) is 4.94. The zero-order valence-electron chi connectivity index (χ0n) is 13.4. The quantitative estimate of drug-likeness (QED) is 0.910. The minimum absolute atomic E-state index is 0.519. The van der Waals surface area contributed by atoms with Crippen molar-refractivity contribution in [2.75, 3.05) is 7.11 Å². The molecule has 1 aromatic carbocycles. The summed E-state index contributed by atoms with van der Waals surface area (Å²) in [5.74, 6) is 0.962. The summed E-state index contributed by atoms with van der Waals surface area (Å²) in [4.78, 5) is 4.35. The molecule has 2 aliphatic rings. The molecule has 4 rings (SSSR count). The standard InChI is InChI=1S/C18H22N2.CH4O/c1-2-6-14(7-3-1)10-11-17-15-8-4-5-9-16(15)18-12-19-13-20(17)18;1-2/h4-5,8-9,12-14,17H,1-3,6-7,10-11H2;2H,1H3. The summed E-state index contributed by atoms with van der Waals surface area (Å²) >= 11 is 0. The van der Waals surface area contributed by atoms with E-state index in [0.29, 0.717) is 6.04 Å². The maximum atomic E-state index is 7.00. The fourth-order valence-electron chi connectivity index (χ4n) is 4.10. The summed E-state index contributed by atoms with van der Waals surface area (Å²) in [5.41, 5.74) is 4.19. The minimum Gasteiger partial charge on any atom is -0.400 e. The Hall–Kier alpha value is -1.61. The molecule has 0 radical (unpaired) electrons. The van der Waals surface area contributed by atoms with Gasteiger partial charge in [0.1, 0.15) is 0 Å². The SMILES string of the molecule is CO.c1ccc2c(c1)-c1cncn1C2CCC1CCCCC1. The summed E-state index contributed by atoms with van der Waals surface area (Å²) < 4.78 is 2.38. The van der Waals surface area contributed by atoms with Crippen LogP contribution in [0.5, 0.6) is 0 Å². The van der Waals surface area contributed by atoms with Gasteiger partial charge in [-0.15, -0.1) is 0 Å². The van der Waals surface area contributed by atoms with Gasteiger partial charge in [0.05, 0.1) is 24.3 Å². The number of fused-ring (bicyclic) bond motifs is 3. The normalized spacial score (nSPS) is 20.0. The Bertz CT molecular complexity index is 599. The fourth-order valence-corrected chi connectivity index (χ4v) is 4.10. The van der Waals surface area contributed by atoms with E-state index in [9.17, 15) is 0 Å². The van der Waals surface area contributed by atoms with Crippen molar-refractivity contribution in [1.82, 2.24) is 9.55 Å². The van der Waals surface area contributed by atoms with Crippen LogP contribution in [0.25, 0.3) is 11.3 Å². The average Bonchev–Trinajstić information content (AvgIpc) is 3.17. The van der Waals surface area contributed by atoms with E-state index in [1.165, 1.54) is 61.8 Å². The van der Waals surface area contributed by atoms with Crippen LogP contribution in [0.15, 0.2) is 36.8 Å². The first kappa shape index (κ1) is 15.3. The van der Waals surface area contributed by atoms with Gasteiger partial charge in [0, 0.05) is 12.7 Å². The zero-order chi connectivity index (χ0) is 15.4. The number of benzene rings is 1. The number of imidazole rings is 1. The van der Waals surface area contributed by atoms with Crippen molar-refractivity contribution in [2.24, 2.45) is 5.92 Å². The maximum Gasteiger partial charge on any atom is 0.0956 e. The third-order valence-corrected chi connectivity index (χ3v) is 5.17. The number of aromatic nitrogens is 2. The first-order valence-electron chi connectivity index (χ1n) is 8.49. The highest BCUT2D eigenvalue weighted by Gasteiger charge is 2.28. The third-order valence-electron chi connectivity index (χ3n) is 5.17. The van der Waals surface area contributed by atoms with E-state index in [1.807, 2.05) is 12.5 Å². The molecule has 3 heteroatoms. The van der Waals surface area contributed by atoms with Crippen molar-refractivity contribution in [2.45, 2.75) is 51.0 Å². The van der Waals surface area contributed by atoms with Crippen molar-refractivity contribution < 1.29 is 5.11 Å². The molecule has 118 valence electrons. The monoisotopic (exact) mass is 298 g/mol. The molecule has 1 aliphatic carbocycles. The third kappa shape index (κ3) is 2.82. The summed E-state index contributed by atoms with van der Waals surface area (Å²) in [5, 5.41) is 7.00. The van der Waals surface area contributed by atoms with Crippen LogP contribution in [-0.4, -0.2) is 21.8 Å². The van der Waals surface area contributed by atoms with Crippen LogP contribution < -0.4 is 0 Å². The van der Waals surface area contributed by atoms with Crippen LogP contribution in [-0.2, 0) is 0 Å². The number of nitrogens with zero attached hydrogens (tertiary/aromatic N) is 2. The van der Waals surface area contributed by atoms with Crippen molar-refractivity contribution in [3.63, 3.8) is 0 Å². The molecule has 22 heavy (non-hydrogen) atoms. The average molecular weight is 298 g/mol. The lowest BCUT2D eigenvalue weighted by atomic mass is 9.84. The lowest BCUT2D eigenvalue weighted by molar-refractivity contribution is 0.318. The maximum absolute atomic E-state index is 7.00. The van der Waals surface area contributed by atoms with Gasteiger partial charge in [-0.1, -0.05) is 56.4 Å². The number of aliphatic hydroxyl groups excluding tert-OH is 1. The molecule has 1 atom stereocenters. The first-order chi connectivity index (χ1) is 10.9. The van der Waals surface area contributed by atoms with E-state index >= 15 is 0 Å². The van der Waals surface area contributed by atoms with Gasteiger partial charge in [0.15, 0.2) is 0 Å². The Morgan fingerprint density at radius 2 is 1.86 bits per heavy atom. The number of hydrogen-bond acceptors (Lipinski definition) is 2. The van der Waals surface area contributed by atoms with E-state index in [1.54, 1.807) is 0 Å². The lowest BCUT2D eigenvalue weighted by Crippen LogP contribution is -2.11. The van der Waals surface area contributed by atoms with Gasteiger partial charge in [-0.25, -0.2) is 4.98 Å². The summed E-state index contributed by atoms with van der Waals surface area (Å²) in [7, 11) is 1.00. The number of rotatable bonds is 3. The molecule has 3 nitrogen and oxygen atoms in total. The highest BCUT2D eigenvalue weighted by atomic mass is 16.2. The topological polar surface area (TPSA) is 38.1 Å². The van der Waals surface area contributed by atoms with Gasteiger partial charge in [-0.05, 0) is 24.3 Å².